The molecule has 0 saturated heterocycles. The molecule has 4 nitrogen and oxygen atoms in total. The molecular weight excluding hydrogens is 230 g/mol. The Bertz CT molecular complexity index is 435. The monoisotopic (exact) mass is 247 g/mol. The Morgan fingerprint density at radius 1 is 1.22 bits per heavy atom. The van der Waals surface area contributed by atoms with Gasteiger partial charge in [-0.05, 0) is 30.0 Å². The van der Waals surface area contributed by atoms with Gasteiger partial charge >= 0.3 is 5.97 Å². The molecule has 0 radical (unpaired) electrons. The first-order valence-corrected chi connectivity index (χ1v) is 6.24. The molecule has 0 atom stereocenters. The maximum absolute atomic E-state index is 11.5. The minimum absolute atomic E-state index is 0.0733. The fourth-order valence-electron chi connectivity index (χ4n) is 1.80. The van der Waals surface area contributed by atoms with E-state index in [9.17, 15) is 9.59 Å². The minimum atomic E-state index is -0.935. The Labute approximate surface area is 106 Å². The summed E-state index contributed by atoms with van der Waals surface area (Å²) in [6.07, 6.45) is 4.12. The number of hydrogen-bond donors (Lipinski definition) is 2. The number of carbonyl (C=O) groups excluding carboxylic acids is 1. The number of aromatic carboxylic acids is 1. The second kappa shape index (κ2) is 5.67. The summed E-state index contributed by atoms with van der Waals surface area (Å²) in [6.45, 7) is 0.462. The van der Waals surface area contributed by atoms with Gasteiger partial charge in [0, 0.05) is 13.0 Å². The van der Waals surface area contributed by atoms with Crippen LogP contribution in [0.2, 0.25) is 0 Å². The Morgan fingerprint density at radius 3 is 2.44 bits per heavy atom. The summed E-state index contributed by atoms with van der Waals surface area (Å²) in [7, 11) is 0. The summed E-state index contributed by atoms with van der Waals surface area (Å²) in [6, 6.07) is 6.55. The summed E-state index contributed by atoms with van der Waals surface area (Å²) < 4.78 is 0. The third-order valence-electron chi connectivity index (χ3n) is 3.17. The van der Waals surface area contributed by atoms with E-state index in [0.717, 1.165) is 17.9 Å². The summed E-state index contributed by atoms with van der Waals surface area (Å²) in [4.78, 5) is 22.2. The van der Waals surface area contributed by atoms with Crippen LogP contribution in [0.25, 0.3) is 0 Å². The van der Waals surface area contributed by atoms with Crippen molar-refractivity contribution in [3.8, 4) is 0 Å². The van der Waals surface area contributed by atoms with Gasteiger partial charge in [-0.3, -0.25) is 4.79 Å². The van der Waals surface area contributed by atoms with Crippen LogP contribution >= 0.6 is 0 Å². The van der Waals surface area contributed by atoms with Gasteiger partial charge in [0.1, 0.15) is 0 Å². The second-order valence-corrected chi connectivity index (χ2v) is 4.76. The number of carbonyl (C=O) groups is 2. The van der Waals surface area contributed by atoms with Crippen molar-refractivity contribution < 1.29 is 14.7 Å². The van der Waals surface area contributed by atoms with E-state index in [2.05, 4.69) is 5.32 Å². The SMILES string of the molecule is O=C(CCC1CC1)NCc1ccc(C(=O)O)cc1. The molecule has 0 spiro atoms. The summed E-state index contributed by atoms with van der Waals surface area (Å²) >= 11 is 0. The Morgan fingerprint density at radius 2 is 1.89 bits per heavy atom. The van der Waals surface area contributed by atoms with E-state index in [1.165, 1.54) is 12.8 Å². The number of amides is 1. The van der Waals surface area contributed by atoms with Crippen molar-refractivity contribution in [2.45, 2.75) is 32.2 Å². The lowest BCUT2D eigenvalue weighted by molar-refractivity contribution is -0.121. The highest BCUT2D eigenvalue weighted by Crippen LogP contribution is 2.33. The molecule has 18 heavy (non-hydrogen) atoms. The summed E-state index contributed by atoms with van der Waals surface area (Å²) in [5.74, 6) is -0.0927. The van der Waals surface area contributed by atoms with Crippen LogP contribution in [0, 0.1) is 5.92 Å². The van der Waals surface area contributed by atoms with Crippen LogP contribution in [0.4, 0.5) is 0 Å². The van der Waals surface area contributed by atoms with Crippen molar-refractivity contribution in [1.82, 2.24) is 5.32 Å². The highest BCUT2D eigenvalue weighted by Gasteiger charge is 2.21. The zero-order chi connectivity index (χ0) is 13.0. The van der Waals surface area contributed by atoms with Gasteiger partial charge < -0.3 is 10.4 Å². The summed E-state index contributed by atoms with van der Waals surface area (Å²) in [5, 5.41) is 11.6. The van der Waals surface area contributed by atoms with Gasteiger partial charge in [-0.25, -0.2) is 4.79 Å². The van der Waals surface area contributed by atoms with Crippen molar-refractivity contribution in [2.24, 2.45) is 5.92 Å². The molecule has 1 aromatic rings. The molecule has 96 valence electrons. The molecule has 0 unspecified atom stereocenters. The zero-order valence-electron chi connectivity index (χ0n) is 10.2. The van der Waals surface area contributed by atoms with Crippen molar-refractivity contribution in [3.63, 3.8) is 0 Å². The second-order valence-electron chi connectivity index (χ2n) is 4.76. The molecule has 1 aliphatic carbocycles. The van der Waals surface area contributed by atoms with Gasteiger partial charge in [0.2, 0.25) is 5.91 Å². The highest BCUT2D eigenvalue weighted by molar-refractivity contribution is 5.87. The molecule has 2 N–H and O–H groups in total. The van der Waals surface area contributed by atoms with E-state index >= 15 is 0 Å². The van der Waals surface area contributed by atoms with Crippen LogP contribution in [0.15, 0.2) is 24.3 Å². The normalized spacial score (nSPS) is 14.2. The molecule has 0 aromatic heterocycles. The molecule has 4 heteroatoms. The Hall–Kier alpha value is -1.84. The van der Waals surface area contributed by atoms with Gasteiger partial charge in [0.15, 0.2) is 0 Å². The topological polar surface area (TPSA) is 66.4 Å². The van der Waals surface area contributed by atoms with Gasteiger partial charge in [0.25, 0.3) is 0 Å². The molecule has 2 rings (SSSR count). The van der Waals surface area contributed by atoms with Crippen molar-refractivity contribution in [2.75, 3.05) is 0 Å². The minimum Gasteiger partial charge on any atom is -0.478 e. The van der Waals surface area contributed by atoms with Gasteiger partial charge in [-0.15, -0.1) is 0 Å². The van der Waals surface area contributed by atoms with Crippen molar-refractivity contribution in [1.29, 1.82) is 0 Å². The third kappa shape index (κ3) is 3.87. The van der Waals surface area contributed by atoms with Crippen LogP contribution in [-0.2, 0) is 11.3 Å². The van der Waals surface area contributed by atoms with E-state index in [4.69, 9.17) is 5.11 Å². The first-order chi connectivity index (χ1) is 8.65. The van der Waals surface area contributed by atoms with Gasteiger partial charge in [-0.1, -0.05) is 25.0 Å². The van der Waals surface area contributed by atoms with E-state index in [-0.39, 0.29) is 11.5 Å². The number of carboxylic acid groups (broad SMARTS) is 1. The largest absolute Gasteiger partial charge is 0.478 e. The average Bonchev–Trinajstić information content (AvgIpc) is 3.18. The predicted molar refractivity (Wildman–Crippen MR) is 67.2 cm³/mol. The van der Waals surface area contributed by atoms with E-state index in [1.54, 1.807) is 24.3 Å². The predicted octanol–water partition coefficient (Wildman–Crippen LogP) is 2.19. The van der Waals surface area contributed by atoms with Crippen LogP contribution in [0.3, 0.4) is 0 Å². The molecule has 1 saturated carbocycles. The molecule has 1 aromatic carbocycles. The maximum Gasteiger partial charge on any atom is 0.335 e. The van der Waals surface area contributed by atoms with Crippen molar-refractivity contribution >= 4 is 11.9 Å². The Kier molecular flexibility index (Phi) is 3.97. The quantitative estimate of drug-likeness (QED) is 0.809. The molecule has 0 aliphatic heterocycles. The number of benzene rings is 1. The molecule has 0 bridgehead atoms. The lowest BCUT2D eigenvalue weighted by Gasteiger charge is -2.05. The van der Waals surface area contributed by atoms with E-state index in [0.29, 0.717) is 13.0 Å². The zero-order valence-corrected chi connectivity index (χ0v) is 10.2. The summed E-state index contributed by atoms with van der Waals surface area (Å²) in [5.41, 5.74) is 1.18. The molecule has 0 heterocycles. The molecular formula is C14H17NO3. The van der Waals surface area contributed by atoms with Crippen LogP contribution in [0.5, 0.6) is 0 Å². The van der Waals surface area contributed by atoms with Crippen LogP contribution in [0.1, 0.15) is 41.6 Å². The van der Waals surface area contributed by atoms with Crippen molar-refractivity contribution in [3.05, 3.63) is 35.4 Å². The van der Waals surface area contributed by atoms with E-state index < -0.39 is 5.97 Å². The molecule has 1 aliphatic rings. The first-order valence-electron chi connectivity index (χ1n) is 6.24. The number of carboxylic acids is 1. The van der Waals surface area contributed by atoms with E-state index in [1.807, 2.05) is 0 Å². The third-order valence-corrected chi connectivity index (χ3v) is 3.17. The van der Waals surface area contributed by atoms with Gasteiger partial charge in [-0.2, -0.15) is 0 Å². The highest BCUT2D eigenvalue weighted by atomic mass is 16.4. The lowest BCUT2D eigenvalue weighted by Crippen LogP contribution is -2.22. The fourth-order valence-corrected chi connectivity index (χ4v) is 1.80. The van der Waals surface area contributed by atoms with Crippen LogP contribution in [-0.4, -0.2) is 17.0 Å². The maximum atomic E-state index is 11.5. The molecule has 1 amide bonds. The standard InChI is InChI=1S/C14H17NO3/c16-13(8-5-10-1-2-10)15-9-11-3-6-12(7-4-11)14(17)18/h3-4,6-7,10H,1-2,5,8-9H2,(H,15,16)(H,17,18). The van der Waals surface area contributed by atoms with Gasteiger partial charge in [0.05, 0.1) is 5.56 Å². The number of hydrogen-bond acceptors (Lipinski definition) is 2. The number of nitrogens with one attached hydrogen (secondary N) is 1. The lowest BCUT2D eigenvalue weighted by atomic mass is 10.1. The smallest absolute Gasteiger partial charge is 0.335 e. The van der Waals surface area contributed by atoms with Crippen LogP contribution < -0.4 is 5.32 Å². The average molecular weight is 247 g/mol. The number of rotatable bonds is 6. The Balaban J connectivity index is 1.74. The first kappa shape index (κ1) is 12.6. The fraction of sp³-hybridized carbons (Fsp3) is 0.429. The molecule has 1 fully saturated rings.